The van der Waals surface area contributed by atoms with E-state index >= 15 is 0 Å². The number of nitrogens with zero attached hydrogens (tertiary/aromatic N) is 2. The molecule has 0 aliphatic carbocycles. The fraction of sp³-hybridized carbons (Fsp3) is 0. The van der Waals surface area contributed by atoms with Crippen LogP contribution in [0.4, 0.5) is 10.1 Å². The molecule has 1 aromatic carbocycles. The van der Waals surface area contributed by atoms with Crippen molar-refractivity contribution in [2.45, 2.75) is 0 Å². The van der Waals surface area contributed by atoms with Crippen molar-refractivity contribution in [2.24, 2.45) is 0 Å². The third-order valence-corrected chi connectivity index (χ3v) is 1.71. The van der Waals surface area contributed by atoms with Gasteiger partial charge in [0.05, 0.1) is 11.6 Å². The minimum Gasteiger partial charge on any atom is -0.360 e. The Bertz CT molecular complexity index is 486. The lowest BCUT2D eigenvalue weighted by Gasteiger charge is -1.99. The van der Waals surface area contributed by atoms with Crippen molar-refractivity contribution < 1.29 is 4.39 Å². The molecule has 78 valence electrons. The second-order valence-electron chi connectivity index (χ2n) is 2.83. The number of hydrogen-bond acceptors (Lipinski definition) is 3. The van der Waals surface area contributed by atoms with Crippen LogP contribution in [0.25, 0.3) is 0 Å². The molecule has 0 unspecified atom stereocenters. The topological polar surface area (TPSA) is 59.6 Å². The molecule has 0 aromatic heterocycles. The number of halogens is 1. The monoisotopic (exact) mass is 213 g/mol. The molecule has 0 atom stereocenters. The van der Waals surface area contributed by atoms with Gasteiger partial charge in [0.15, 0.2) is 0 Å². The first-order valence-electron chi connectivity index (χ1n) is 4.45. The minimum absolute atomic E-state index is 0.311. The Labute approximate surface area is 92.7 Å². The first-order chi connectivity index (χ1) is 7.76. The van der Waals surface area contributed by atoms with Gasteiger partial charge in [-0.25, -0.2) is 4.39 Å². The summed E-state index contributed by atoms with van der Waals surface area (Å²) < 4.78 is 12.6. The molecule has 0 spiro atoms. The van der Waals surface area contributed by atoms with Gasteiger partial charge in [0.1, 0.15) is 11.9 Å². The Hall–Kier alpha value is -2.59. The molecule has 1 rings (SSSR count). The third kappa shape index (κ3) is 3.65. The van der Waals surface area contributed by atoms with Gasteiger partial charge >= 0.3 is 0 Å². The number of nitrogens with one attached hydrogen (secondary N) is 1. The van der Waals surface area contributed by atoms with Crippen LogP contribution in [-0.4, -0.2) is 0 Å². The van der Waals surface area contributed by atoms with Crippen molar-refractivity contribution >= 4 is 5.69 Å². The van der Waals surface area contributed by atoms with Gasteiger partial charge in [-0.2, -0.15) is 10.5 Å². The highest BCUT2D eigenvalue weighted by Crippen LogP contribution is 2.08. The van der Waals surface area contributed by atoms with Crippen LogP contribution in [0.3, 0.4) is 0 Å². The standard InChI is InChI=1S/C12H8FN3/c13-11-3-5-12(6-4-11)16-9-10(8-15)2-1-7-14/h1-6,9,16H/b2-1+,10-9+. The van der Waals surface area contributed by atoms with E-state index in [-0.39, 0.29) is 5.82 Å². The second kappa shape index (κ2) is 6.00. The van der Waals surface area contributed by atoms with E-state index in [1.165, 1.54) is 30.5 Å². The zero-order chi connectivity index (χ0) is 11.8. The van der Waals surface area contributed by atoms with Crippen LogP contribution >= 0.6 is 0 Å². The van der Waals surface area contributed by atoms with Crippen molar-refractivity contribution in [3.63, 3.8) is 0 Å². The number of benzene rings is 1. The maximum absolute atomic E-state index is 12.6. The lowest BCUT2D eigenvalue weighted by Crippen LogP contribution is -1.89. The predicted molar refractivity (Wildman–Crippen MR) is 58.5 cm³/mol. The van der Waals surface area contributed by atoms with Crippen LogP contribution in [0, 0.1) is 28.5 Å². The normalized spacial score (nSPS) is 10.8. The molecule has 0 bridgehead atoms. The summed E-state index contributed by atoms with van der Waals surface area (Å²) in [5.41, 5.74) is 0.977. The number of anilines is 1. The van der Waals surface area contributed by atoms with Gasteiger partial charge in [-0.05, 0) is 30.3 Å². The minimum atomic E-state index is -0.320. The van der Waals surface area contributed by atoms with Gasteiger partial charge in [0, 0.05) is 18.0 Å². The van der Waals surface area contributed by atoms with Gasteiger partial charge in [0.2, 0.25) is 0 Å². The van der Waals surface area contributed by atoms with E-state index in [1.807, 2.05) is 6.07 Å². The predicted octanol–water partition coefficient (Wildman–Crippen LogP) is 2.72. The number of hydrogen-bond donors (Lipinski definition) is 1. The van der Waals surface area contributed by atoms with Crippen LogP contribution in [-0.2, 0) is 0 Å². The first-order valence-corrected chi connectivity index (χ1v) is 4.45. The summed E-state index contributed by atoms with van der Waals surface area (Å²) >= 11 is 0. The molecular formula is C12H8FN3. The van der Waals surface area contributed by atoms with E-state index in [2.05, 4.69) is 5.32 Å². The Morgan fingerprint density at radius 3 is 2.50 bits per heavy atom. The lowest BCUT2D eigenvalue weighted by atomic mass is 10.2. The molecule has 0 saturated heterocycles. The molecule has 0 aliphatic rings. The quantitative estimate of drug-likeness (QED) is 0.620. The SMILES string of the molecule is N#C/C=C/C(C#N)=C\Nc1ccc(F)cc1. The van der Waals surface area contributed by atoms with E-state index in [4.69, 9.17) is 10.5 Å². The molecule has 1 N–H and O–H groups in total. The van der Waals surface area contributed by atoms with E-state index in [0.717, 1.165) is 0 Å². The Balaban J connectivity index is 2.72. The fourth-order valence-electron chi connectivity index (χ4n) is 0.952. The highest BCUT2D eigenvalue weighted by Gasteiger charge is 1.92. The van der Waals surface area contributed by atoms with Crippen molar-refractivity contribution in [1.82, 2.24) is 0 Å². The molecule has 0 saturated carbocycles. The smallest absolute Gasteiger partial charge is 0.123 e. The van der Waals surface area contributed by atoms with E-state index in [1.54, 1.807) is 18.2 Å². The average molecular weight is 213 g/mol. The van der Waals surface area contributed by atoms with Gasteiger partial charge in [0.25, 0.3) is 0 Å². The average Bonchev–Trinajstić information content (AvgIpc) is 2.32. The van der Waals surface area contributed by atoms with Gasteiger partial charge in [-0.1, -0.05) is 0 Å². The highest BCUT2D eigenvalue weighted by molar-refractivity contribution is 5.48. The van der Waals surface area contributed by atoms with Crippen LogP contribution in [0.1, 0.15) is 0 Å². The molecule has 1 aromatic rings. The number of allylic oxidation sites excluding steroid dienone is 3. The molecule has 0 aliphatic heterocycles. The molecule has 16 heavy (non-hydrogen) atoms. The summed E-state index contributed by atoms with van der Waals surface area (Å²) in [6, 6.07) is 9.42. The number of rotatable bonds is 3. The van der Waals surface area contributed by atoms with Crippen LogP contribution < -0.4 is 5.32 Å². The molecule has 0 heterocycles. The maximum atomic E-state index is 12.6. The maximum Gasteiger partial charge on any atom is 0.123 e. The van der Waals surface area contributed by atoms with Gasteiger partial charge < -0.3 is 5.32 Å². The number of nitriles is 2. The molecular weight excluding hydrogens is 205 g/mol. The largest absolute Gasteiger partial charge is 0.360 e. The van der Waals surface area contributed by atoms with Crippen molar-refractivity contribution in [3.05, 3.63) is 54.0 Å². The Morgan fingerprint density at radius 2 is 1.94 bits per heavy atom. The zero-order valence-corrected chi connectivity index (χ0v) is 8.31. The summed E-state index contributed by atoms with van der Waals surface area (Å²) in [6.45, 7) is 0. The second-order valence-corrected chi connectivity index (χ2v) is 2.83. The first kappa shape index (κ1) is 11.5. The zero-order valence-electron chi connectivity index (χ0n) is 8.31. The van der Waals surface area contributed by atoms with Crippen LogP contribution in [0.5, 0.6) is 0 Å². The summed E-state index contributed by atoms with van der Waals surface area (Å²) in [7, 11) is 0. The summed E-state index contributed by atoms with van der Waals surface area (Å²) in [6.07, 6.45) is 4.04. The molecule has 3 nitrogen and oxygen atoms in total. The molecule has 0 amide bonds. The Kier molecular flexibility index (Phi) is 4.31. The van der Waals surface area contributed by atoms with E-state index in [0.29, 0.717) is 11.3 Å². The van der Waals surface area contributed by atoms with Crippen LogP contribution in [0.15, 0.2) is 48.2 Å². The Morgan fingerprint density at radius 1 is 1.25 bits per heavy atom. The fourth-order valence-corrected chi connectivity index (χ4v) is 0.952. The van der Waals surface area contributed by atoms with E-state index in [9.17, 15) is 4.39 Å². The van der Waals surface area contributed by atoms with Crippen LogP contribution in [0.2, 0.25) is 0 Å². The van der Waals surface area contributed by atoms with E-state index < -0.39 is 0 Å². The summed E-state index contributed by atoms with van der Waals surface area (Å²) in [5, 5.41) is 19.8. The van der Waals surface area contributed by atoms with Crippen molar-refractivity contribution in [2.75, 3.05) is 5.32 Å². The molecule has 0 fully saturated rings. The molecule has 0 radical (unpaired) electrons. The summed E-state index contributed by atoms with van der Waals surface area (Å²) in [4.78, 5) is 0. The lowest BCUT2D eigenvalue weighted by molar-refractivity contribution is 0.628. The van der Waals surface area contributed by atoms with Gasteiger partial charge in [-0.3, -0.25) is 0 Å². The molecule has 4 heteroatoms. The highest BCUT2D eigenvalue weighted by atomic mass is 19.1. The third-order valence-electron chi connectivity index (χ3n) is 1.71. The van der Waals surface area contributed by atoms with Gasteiger partial charge in [-0.15, -0.1) is 0 Å². The van der Waals surface area contributed by atoms with Crippen molar-refractivity contribution in [1.29, 1.82) is 10.5 Å². The van der Waals surface area contributed by atoms with Crippen molar-refractivity contribution in [3.8, 4) is 12.1 Å². The summed E-state index contributed by atoms with van der Waals surface area (Å²) in [5.74, 6) is -0.320.